The predicted octanol–water partition coefficient (Wildman–Crippen LogP) is 1.94. The molecule has 1 aromatic carbocycles. The van der Waals surface area contributed by atoms with Crippen LogP contribution in [0.5, 0.6) is 0 Å². The van der Waals surface area contributed by atoms with E-state index in [0.29, 0.717) is 18.0 Å². The minimum absolute atomic E-state index is 0.0824. The summed E-state index contributed by atoms with van der Waals surface area (Å²) < 4.78 is 13.1. The maximum atomic E-state index is 13.1. The van der Waals surface area contributed by atoms with Crippen LogP contribution < -0.4 is 0 Å². The minimum Gasteiger partial charge on any atom is -0.481 e. The minimum atomic E-state index is -0.812. The van der Waals surface area contributed by atoms with Crippen LogP contribution in [0.2, 0.25) is 0 Å². The molecule has 112 valence electrons. The number of aliphatic carboxylic acids is 1. The number of carbonyl (C=O) groups excluding carboxylic acids is 1. The molecule has 2 atom stereocenters. The van der Waals surface area contributed by atoms with Gasteiger partial charge in [-0.05, 0) is 42.4 Å². The molecule has 1 aromatic rings. The quantitative estimate of drug-likeness (QED) is 0.922. The molecule has 1 saturated carbocycles. The van der Waals surface area contributed by atoms with Gasteiger partial charge in [0, 0.05) is 13.1 Å². The number of carboxylic acids is 1. The fourth-order valence-corrected chi connectivity index (χ4v) is 3.23. The lowest BCUT2D eigenvalue weighted by atomic mass is 9.92. The second-order valence-electron chi connectivity index (χ2n) is 6.05. The molecule has 1 N–H and O–H groups in total. The predicted molar refractivity (Wildman–Crippen MR) is 74.0 cm³/mol. The first-order chi connectivity index (χ1) is 10.0. The number of halogens is 1. The number of hydrogen-bond acceptors (Lipinski definition) is 2. The van der Waals surface area contributed by atoms with Gasteiger partial charge in [-0.25, -0.2) is 4.39 Å². The second-order valence-corrected chi connectivity index (χ2v) is 6.05. The fourth-order valence-electron chi connectivity index (χ4n) is 3.23. The molecular formula is C16H18FNO3. The fraction of sp³-hybridized carbons (Fsp3) is 0.500. The Bertz CT molecular complexity index is 570. The van der Waals surface area contributed by atoms with Crippen molar-refractivity contribution < 1.29 is 19.1 Å². The molecule has 2 aliphatic rings. The normalized spacial score (nSPS) is 25.1. The number of carbonyl (C=O) groups is 2. The molecule has 3 rings (SSSR count). The maximum Gasteiger partial charge on any atom is 0.308 e. The van der Waals surface area contributed by atoms with Crippen LogP contribution in [-0.2, 0) is 16.0 Å². The van der Waals surface area contributed by atoms with E-state index in [1.165, 1.54) is 12.1 Å². The van der Waals surface area contributed by atoms with E-state index in [4.69, 9.17) is 0 Å². The molecule has 1 saturated heterocycles. The summed E-state index contributed by atoms with van der Waals surface area (Å²) in [5, 5.41) is 9.30. The molecule has 0 radical (unpaired) electrons. The Morgan fingerprint density at radius 1 is 1.29 bits per heavy atom. The van der Waals surface area contributed by atoms with E-state index < -0.39 is 11.9 Å². The number of rotatable bonds is 4. The number of likely N-dealkylation sites (tertiary alicyclic amines) is 1. The Hall–Kier alpha value is -1.91. The van der Waals surface area contributed by atoms with Crippen molar-refractivity contribution >= 4 is 11.9 Å². The zero-order valence-electron chi connectivity index (χ0n) is 11.7. The average Bonchev–Trinajstić information content (AvgIpc) is 3.17. The van der Waals surface area contributed by atoms with Crippen LogP contribution in [0, 0.1) is 23.6 Å². The van der Waals surface area contributed by atoms with E-state index in [0.717, 1.165) is 12.8 Å². The molecule has 1 aliphatic heterocycles. The molecule has 0 aromatic heterocycles. The summed E-state index contributed by atoms with van der Waals surface area (Å²) in [5.74, 6) is -1.20. The van der Waals surface area contributed by atoms with Gasteiger partial charge in [-0.2, -0.15) is 0 Å². The van der Waals surface area contributed by atoms with Crippen LogP contribution >= 0.6 is 0 Å². The van der Waals surface area contributed by atoms with Gasteiger partial charge in [-0.15, -0.1) is 0 Å². The van der Waals surface area contributed by atoms with Gasteiger partial charge < -0.3 is 10.0 Å². The van der Waals surface area contributed by atoms with Crippen LogP contribution in [0.4, 0.5) is 4.39 Å². The second kappa shape index (κ2) is 5.47. The highest BCUT2D eigenvalue weighted by Crippen LogP contribution is 2.44. The van der Waals surface area contributed by atoms with E-state index in [-0.39, 0.29) is 30.6 Å². The van der Waals surface area contributed by atoms with Gasteiger partial charge >= 0.3 is 5.97 Å². The zero-order valence-corrected chi connectivity index (χ0v) is 11.7. The van der Waals surface area contributed by atoms with Crippen molar-refractivity contribution in [2.24, 2.45) is 17.8 Å². The molecular weight excluding hydrogens is 273 g/mol. The highest BCUT2D eigenvalue weighted by Gasteiger charge is 2.46. The first kappa shape index (κ1) is 14.0. The van der Waals surface area contributed by atoms with Crippen molar-refractivity contribution in [3.8, 4) is 0 Å². The van der Waals surface area contributed by atoms with E-state index >= 15 is 0 Å². The molecule has 1 heterocycles. The summed E-state index contributed by atoms with van der Waals surface area (Å²) in [7, 11) is 0. The summed E-state index contributed by atoms with van der Waals surface area (Å²) in [6, 6.07) is 5.98. The Balaban J connectivity index is 1.66. The number of nitrogens with zero attached hydrogens (tertiary/aromatic N) is 1. The third-order valence-corrected chi connectivity index (χ3v) is 4.51. The Labute approximate surface area is 122 Å². The largest absolute Gasteiger partial charge is 0.481 e. The zero-order chi connectivity index (χ0) is 15.0. The highest BCUT2D eigenvalue weighted by atomic mass is 19.1. The summed E-state index contributed by atoms with van der Waals surface area (Å²) in [6.07, 6.45) is 2.27. The first-order valence-electron chi connectivity index (χ1n) is 7.29. The Morgan fingerprint density at radius 3 is 2.67 bits per heavy atom. The van der Waals surface area contributed by atoms with Gasteiger partial charge in [0.15, 0.2) is 0 Å². The highest BCUT2D eigenvalue weighted by molar-refractivity contribution is 5.81. The van der Waals surface area contributed by atoms with Gasteiger partial charge in [-0.3, -0.25) is 9.59 Å². The van der Waals surface area contributed by atoms with Gasteiger partial charge in [0.1, 0.15) is 5.82 Å². The van der Waals surface area contributed by atoms with Crippen molar-refractivity contribution in [3.05, 3.63) is 35.6 Å². The van der Waals surface area contributed by atoms with Crippen LogP contribution in [0.1, 0.15) is 18.4 Å². The summed E-state index contributed by atoms with van der Waals surface area (Å²) >= 11 is 0. The average molecular weight is 291 g/mol. The van der Waals surface area contributed by atoms with Crippen LogP contribution in [0.3, 0.4) is 0 Å². The SMILES string of the molecule is O=C(O)[C@@H]1CN(C(=O)Cc2cccc(F)c2)C[C@H]1C1CC1. The van der Waals surface area contributed by atoms with Crippen molar-refractivity contribution in [1.82, 2.24) is 4.90 Å². The van der Waals surface area contributed by atoms with Crippen molar-refractivity contribution in [3.63, 3.8) is 0 Å². The smallest absolute Gasteiger partial charge is 0.308 e. The molecule has 0 unspecified atom stereocenters. The third kappa shape index (κ3) is 3.06. The summed E-state index contributed by atoms with van der Waals surface area (Å²) in [5.41, 5.74) is 0.627. The maximum absolute atomic E-state index is 13.1. The standard InChI is InChI=1S/C16H18FNO3/c17-12-3-1-2-10(6-12)7-15(19)18-8-13(11-4-5-11)14(9-18)16(20)21/h1-3,6,11,13-14H,4-5,7-9H2,(H,20,21)/t13-,14+/m0/s1. The Morgan fingerprint density at radius 2 is 2.05 bits per heavy atom. The monoisotopic (exact) mass is 291 g/mol. The molecule has 5 heteroatoms. The van der Waals surface area contributed by atoms with E-state index in [2.05, 4.69) is 0 Å². The third-order valence-electron chi connectivity index (χ3n) is 4.51. The topological polar surface area (TPSA) is 57.6 Å². The van der Waals surface area contributed by atoms with Crippen LogP contribution in [0.25, 0.3) is 0 Å². The molecule has 2 fully saturated rings. The molecule has 21 heavy (non-hydrogen) atoms. The number of carboxylic acid groups (broad SMARTS) is 1. The Kier molecular flexibility index (Phi) is 3.66. The first-order valence-corrected chi connectivity index (χ1v) is 7.29. The summed E-state index contributed by atoms with van der Waals surface area (Å²) in [4.78, 5) is 25.3. The van der Waals surface area contributed by atoms with Gasteiger partial charge in [0.05, 0.1) is 12.3 Å². The van der Waals surface area contributed by atoms with Crippen LogP contribution in [0.15, 0.2) is 24.3 Å². The lowest BCUT2D eigenvalue weighted by Crippen LogP contribution is -2.31. The van der Waals surface area contributed by atoms with Crippen molar-refractivity contribution in [1.29, 1.82) is 0 Å². The van der Waals surface area contributed by atoms with Gasteiger partial charge in [0.2, 0.25) is 5.91 Å². The molecule has 0 spiro atoms. The number of amides is 1. The van der Waals surface area contributed by atoms with Crippen LogP contribution in [-0.4, -0.2) is 35.0 Å². The van der Waals surface area contributed by atoms with E-state index in [9.17, 15) is 19.1 Å². The number of hydrogen-bond donors (Lipinski definition) is 1. The summed E-state index contributed by atoms with van der Waals surface area (Å²) in [6.45, 7) is 0.806. The number of benzene rings is 1. The lowest BCUT2D eigenvalue weighted by Gasteiger charge is -2.16. The van der Waals surface area contributed by atoms with E-state index in [1.807, 2.05) is 0 Å². The molecule has 4 nitrogen and oxygen atoms in total. The molecule has 0 bridgehead atoms. The van der Waals surface area contributed by atoms with E-state index in [1.54, 1.807) is 17.0 Å². The lowest BCUT2D eigenvalue weighted by molar-refractivity contribution is -0.142. The van der Waals surface area contributed by atoms with Crippen molar-refractivity contribution in [2.75, 3.05) is 13.1 Å². The molecule has 1 amide bonds. The van der Waals surface area contributed by atoms with Crippen molar-refractivity contribution in [2.45, 2.75) is 19.3 Å². The van der Waals surface area contributed by atoms with Gasteiger partial charge in [0.25, 0.3) is 0 Å². The molecule has 1 aliphatic carbocycles. The van der Waals surface area contributed by atoms with Gasteiger partial charge in [-0.1, -0.05) is 12.1 Å².